The lowest BCUT2D eigenvalue weighted by Crippen LogP contribution is -2.31. The molecule has 130 valence electrons. The van der Waals surface area contributed by atoms with Gasteiger partial charge in [0.25, 0.3) is 0 Å². The molecule has 1 saturated heterocycles. The van der Waals surface area contributed by atoms with Crippen molar-refractivity contribution in [1.29, 1.82) is 0 Å². The maximum absolute atomic E-state index is 12.8. The van der Waals surface area contributed by atoms with Crippen molar-refractivity contribution in [3.05, 3.63) is 47.8 Å². The number of aromatic nitrogens is 2. The first-order chi connectivity index (χ1) is 11.9. The highest BCUT2D eigenvalue weighted by molar-refractivity contribution is 5.99. The Morgan fingerprint density at radius 1 is 1.28 bits per heavy atom. The maximum Gasteiger partial charge on any atom is 0.248 e. The molecule has 3 amide bonds. The minimum absolute atomic E-state index is 0.0998. The van der Waals surface area contributed by atoms with Crippen LogP contribution >= 0.6 is 0 Å². The summed E-state index contributed by atoms with van der Waals surface area (Å²) in [7, 11) is 3.46. The summed E-state index contributed by atoms with van der Waals surface area (Å²) in [6.07, 6.45) is 1.75. The molecule has 0 aliphatic carbocycles. The average molecular weight is 341 g/mol. The molecule has 1 aromatic heterocycles. The van der Waals surface area contributed by atoms with E-state index in [1.54, 1.807) is 54.1 Å². The topological polar surface area (TPSA) is 110 Å². The van der Waals surface area contributed by atoms with Gasteiger partial charge in [0, 0.05) is 38.0 Å². The Morgan fingerprint density at radius 3 is 2.68 bits per heavy atom. The number of amides is 3. The second-order valence-corrected chi connectivity index (χ2v) is 6.07. The molecule has 1 aromatic carbocycles. The molecule has 0 bridgehead atoms. The van der Waals surface area contributed by atoms with Crippen LogP contribution in [0.1, 0.15) is 28.5 Å². The fraction of sp³-hybridized carbons (Fsp3) is 0.294. The average Bonchev–Trinajstić information content (AvgIpc) is 3.11. The molecular weight excluding hydrogens is 322 g/mol. The van der Waals surface area contributed by atoms with Gasteiger partial charge in [-0.2, -0.15) is 5.10 Å². The van der Waals surface area contributed by atoms with Crippen molar-refractivity contribution in [1.82, 2.24) is 14.7 Å². The maximum atomic E-state index is 12.8. The SMILES string of the molecule is CN1C(=O)CC(C(=O)Nc2cccc(C(N)=O)c2)C1c1ccnn1C. The van der Waals surface area contributed by atoms with Gasteiger partial charge in [0.15, 0.2) is 0 Å². The van der Waals surface area contributed by atoms with Gasteiger partial charge in [-0.25, -0.2) is 0 Å². The lowest BCUT2D eigenvalue weighted by Gasteiger charge is -2.24. The number of nitrogens with two attached hydrogens (primary N) is 1. The van der Waals surface area contributed by atoms with Crippen molar-refractivity contribution in [3.63, 3.8) is 0 Å². The Bertz CT molecular complexity index is 844. The van der Waals surface area contributed by atoms with Crippen LogP contribution in [0.25, 0.3) is 0 Å². The molecule has 0 saturated carbocycles. The lowest BCUT2D eigenvalue weighted by molar-refractivity contribution is -0.128. The van der Waals surface area contributed by atoms with Gasteiger partial charge in [0.2, 0.25) is 17.7 Å². The molecule has 1 aliphatic heterocycles. The van der Waals surface area contributed by atoms with Crippen LogP contribution in [-0.2, 0) is 16.6 Å². The number of rotatable bonds is 4. The first kappa shape index (κ1) is 16.7. The summed E-state index contributed by atoms with van der Waals surface area (Å²) in [4.78, 5) is 37.8. The van der Waals surface area contributed by atoms with E-state index in [1.807, 2.05) is 0 Å². The number of hydrogen-bond donors (Lipinski definition) is 2. The minimum Gasteiger partial charge on any atom is -0.366 e. The van der Waals surface area contributed by atoms with Crippen molar-refractivity contribution in [3.8, 4) is 0 Å². The smallest absolute Gasteiger partial charge is 0.248 e. The third-order valence-electron chi connectivity index (χ3n) is 4.50. The second kappa shape index (κ2) is 6.39. The zero-order chi connectivity index (χ0) is 18.1. The Kier molecular flexibility index (Phi) is 4.26. The van der Waals surface area contributed by atoms with E-state index in [-0.39, 0.29) is 24.3 Å². The van der Waals surface area contributed by atoms with Gasteiger partial charge in [-0.15, -0.1) is 0 Å². The number of anilines is 1. The Morgan fingerprint density at radius 2 is 2.04 bits per heavy atom. The normalized spacial score (nSPS) is 19.9. The van der Waals surface area contributed by atoms with Crippen molar-refractivity contribution >= 4 is 23.4 Å². The van der Waals surface area contributed by atoms with Gasteiger partial charge in [0.1, 0.15) is 0 Å². The van der Waals surface area contributed by atoms with E-state index < -0.39 is 11.8 Å². The van der Waals surface area contributed by atoms with Crippen LogP contribution in [0.5, 0.6) is 0 Å². The van der Waals surface area contributed by atoms with Crippen molar-refractivity contribution < 1.29 is 14.4 Å². The molecule has 2 heterocycles. The van der Waals surface area contributed by atoms with E-state index in [9.17, 15) is 14.4 Å². The number of carbonyl (C=O) groups is 3. The first-order valence-corrected chi connectivity index (χ1v) is 7.82. The highest BCUT2D eigenvalue weighted by Gasteiger charge is 2.43. The van der Waals surface area contributed by atoms with Gasteiger partial charge >= 0.3 is 0 Å². The molecule has 8 nitrogen and oxygen atoms in total. The molecular formula is C17H19N5O3. The number of aryl methyl sites for hydroxylation is 1. The Hall–Kier alpha value is -3.16. The number of likely N-dealkylation sites (tertiary alicyclic amines) is 1. The van der Waals surface area contributed by atoms with E-state index in [1.165, 1.54) is 6.07 Å². The molecule has 8 heteroatoms. The minimum atomic E-state index is -0.570. The molecule has 2 aromatic rings. The Balaban J connectivity index is 1.85. The molecule has 25 heavy (non-hydrogen) atoms. The standard InChI is InChI=1S/C17H19N5O3/c1-21-14(23)9-12(15(21)13-6-7-19-22(13)2)17(25)20-11-5-3-4-10(8-11)16(18)24/h3-8,12,15H,9H2,1-2H3,(H2,18,24)(H,20,25). The summed E-state index contributed by atoms with van der Waals surface area (Å²) < 4.78 is 1.66. The second-order valence-electron chi connectivity index (χ2n) is 6.07. The van der Waals surface area contributed by atoms with E-state index in [0.717, 1.165) is 5.69 Å². The molecule has 1 fully saturated rings. The summed E-state index contributed by atoms with van der Waals surface area (Å²) in [6.45, 7) is 0. The summed E-state index contributed by atoms with van der Waals surface area (Å²) in [5.41, 5.74) is 6.82. The van der Waals surface area contributed by atoms with Gasteiger partial charge in [0.05, 0.1) is 17.7 Å². The molecule has 1 aliphatic rings. The third kappa shape index (κ3) is 3.10. The van der Waals surface area contributed by atoms with E-state index >= 15 is 0 Å². The zero-order valence-electron chi connectivity index (χ0n) is 14.0. The number of nitrogens with one attached hydrogen (secondary N) is 1. The molecule has 3 rings (SSSR count). The largest absolute Gasteiger partial charge is 0.366 e. The summed E-state index contributed by atoms with van der Waals surface area (Å²) in [5, 5.41) is 6.90. The van der Waals surface area contributed by atoms with Crippen LogP contribution in [0.2, 0.25) is 0 Å². The van der Waals surface area contributed by atoms with Crippen LogP contribution in [0.3, 0.4) is 0 Å². The van der Waals surface area contributed by atoms with Gasteiger partial charge in [-0.3, -0.25) is 19.1 Å². The first-order valence-electron chi connectivity index (χ1n) is 7.82. The zero-order valence-corrected chi connectivity index (χ0v) is 14.0. The van der Waals surface area contributed by atoms with Crippen molar-refractivity contribution in [2.45, 2.75) is 12.5 Å². The van der Waals surface area contributed by atoms with E-state index in [2.05, 4.69) is 10.4 Å². The van der Waals surface area contributed by atoms with Crippen LogP contribution in [0, 0.1) is 5.92 Å². The summed E-state index contributed by atoms with van der Waals surface area (Å²) in [6, 6.07) is 7.81. The number of benzene rings is 1. The predicted octanol–water partition coefficient (Wildman–Crippen LogP) is 0.677. The molecule has 2 atom stereocenters. The van der Waals surface area contributed by atoms with Gasteiger partial charge in [-0.05, 0) is 24.3 Å². The molecule has 0 radical (unpaired) electrons. The van der Waals surface area contributed by atoms with Gasteiger partial charge in [-0.1, -0.05) is 6.07 Å². The molecule has 3 N–H and O–H groups in total. The Labute approximate surface area is 144 Å². The summed E-state index contributed by atoms with van der Waals surface area (Å²) in [5.74, 6) is -1.51. The highest BCUT2D eigenvalue weighted by Crippen LogP contribution is 2.37. The van der Waals surface area contributed by atoms with E-state index in [4.69, 9.17) is 5.73 Å². The quantitative estimate of drug-likeness (QED) is 0.852. The van der Waals surface area contributed by atoms with E-state index in [0.29, 0.717) is 11.3 Å². The number of carbonyl (C=O) groups excluding carboxylic acids is 3. The predicted molar refractivity (Wildman–Crippen MR) is 90.4 cm³/mol. The number of hydrogen-bond acceptors (Lipinski definition) is 4. The van der Waals surface area contributed by atoms with Crippen molar-refractivity contribution in [2.24, 2.45) is 18.7 Å². The van der Waals surface area contributed by atoms with Crippen LogP contribution in [0.15, 0.2) is 36.5 Å². The van der Waals surface area contributed by atoms with Gasteiger partial charge < -0.3 is 16.0 Å². The highest BCUT2D eigenvalue weighted by atomic mass is 16.2. The fourth-order valence-electron chi connectivity index (χ4n) is 3.17. The van der Waals surface area contributed by atoms with Crippen LogP contribution in [0.4, 0.5) is 5.69 Å². The number of nitrogens with zero attached hydrogens (tertiary/aromatic N) is 3. The van der Waals surface area contributed by atoms with Crippen molar-refractivity contribution in [2.75, 3.05) is 12.4 Å². The summed E-state index contributed by atoms with van der Waals surface area (Å²) >= 11 is 0. The third-order valence-corrected chi connectivity index (χ3v) is 4.50. The van der Waals surface area contributed by atoms with Crippen LogP contribution < -0.4 is 11.1 Å². The number of primary amides is 1. The molecule has 2 unspecified atom stereocenters. The molecule has 0 spiro atoms. The fourth-order valence-corrected chi connectivity index (χ4v) is 3.17. The van der Waals surface area contributed by atoms with Crippen LogP contribution in [-0.4, -0.2) is 39.4 Å². The lowest BCUT2D eigenvalue weighted by atomic mass is 9.96. The monoisotopic (exact) mass is 341 g/mol.